The van der Waals surface area contributed by atoms with Crippen molar-refractivity contribution < 1.29 is 4.79 Å². The summed E-state index contributed by atoms with van der Waals surface area (Å²) in [7, 11) is 0. The van der Waals surface area contributed by atoms with Gasteiger partial charge in [0, 0.05) is 0 Å². The molecule has 3 rings (SSSR count). The molecule has 0 aliphatic heterocycles. The summed E-state index contributed by atoms with van der Waals surface area (Å²) in [6, 6.07) is 14.7. The van der Waals surface area contributed by atoms with Crippen LogP contribution in [-0.4, -0.2) is 20.9 Å². The van der Waals surface area contributed by atoms with Crippen molar-refractivity contribution in [3.8, 4) is 5.69 Å². The smallest absolute Gasteiger partial charge is 0.237 e. The van der Waals surface area contributed by atoms with Crippen molar-refractivity contribution in [2.45, 2.75) is 16.5 Å². The van der Waals surface area contributed by atoms with E-state index in [1.54, 1.807) is 29.8 Å². The number of nitrogens with one attached hydrogen (secondary N) is 1. The van der Waals surface area contributed by atoms with Gasteiger partial charge >= 0.3 is 0 Å². The fraction of sp³-hybridized carbons (Fsp3) is 0.118. The van der Waals surface area contributed by atoms with Crippen LogP contribution < -0.4 is 5.32 Å². The van der Waals surface area contributed by atoms with E-state index >= 15 is 0 Å². The first kappa shape index (κ1) is 19.4. The van der Waals surface area contributed by atoms with E-state index in [1.807, 2.05) is 30.3 Å². The van der Waals surface area contributed by atoms with Gasteiger partial charge in [-0.15, -0.1) is 5.10 Å². The van der Waals surface area contributed by atoms with Gasteiger partial charge in [0.2, 0.25) is 5.91 Å². The number of para-hydroxylation sites is 2. The zero-order chi connectivity index (χ0) is 18.7. The Morgan fingerprint density at radius 1 is 1.19 bits per heavy atom. The summed E-state index contributed by atoms with van der Waals surface area (Å²) >= 11 is 20.3. The molecule has 1 amide bonds. The number of thioether (sulfide) groups is 1. The zero-order valence-corrected chi connectivity index (χ0v) is 17.4. The lowest BCUT2D eigenvalue weighted by molar-refractivity contribution is -0.115. The van der Waals surface area contributed by atoms with Crippen LogP contribution in [0.15, 0.2) is 52.9 Å². The van der Waals surface area contributed by atoms with Crippen LogP contribution in [0.5, 0.6) is 0 Å². The van der Waals surface area contributed by atoms with Gasteiger partial charge in [0.1, 0.15) is 0 Å². The lowest BCUT2D eigenvalue weighted by atomic mass is 10.3. The molecule has 134 valence electrons. The molecule has 0 radical (unpaired) electrons. The fourth-order valence-electron chi connectivity index (χ4n) is 2.09. The van der Waals surface area contributed by atoms with E-state index in [0.29, 0.717) is 24.0 Å². The standard InChI is InChI=1S/C17H13Cl2N3OS3/c1-10(15(23)20-14-12(18)8-5-9-13(14)19)25-16-21-22(17(24)26-16)11-6-3-2-4-7-11/h2-10H,1H3,(H,20,23). The first-order valence-electron chi connectivity index (χ1n) is 7.53. The maximum absolute atomic E-state index is 12.5. The second kappa shape index (κ2) is 8.54. The van der Waals surface area contributed by atoms with Crippen LogP contribution in [0.4, 0.5) is 5.69 Å². The Kier molecular flexibility index (Phi) is 6.37. The third-order valence-electron chi connectivity index (χ3n) is 3.39. The molecule has 0 saturated heterocycles. The van der Waals surface area contributed by atoms with Gasteiger partial charge in [-0.2, -0.15) is 0 Å². The Hall–Kier alpha value is -1.38. The molecule has 4 nitrogen and oxygen atoms in total. The number of carbonyl (C=O) groups excluding carboxylic acids is 1. The summed E-state index contributed by atoms with van der Waals surface area (Å²) in [6.07, 6.45) is 0. The van der Waals surface area contributed by atoms with Gasteiger partial charge < -0.3 is 5.32 Å². The Morgan fingerprint density at radius 2 is 1.85 bits per heavy atom. The summed E-state index contributed by atoms with van der Waals surface area (Å²) in [4.78, 5) is 12.5. The molecule has 1 atom stereocenters. The highest BCUT2D eigenvalue weighted by Gasteiger charge is 2.19. The molecule has 26 heavy (non-hydrogen) atoms. The minimum Gasteiger partial charge on any atom is -0.323 e. The minimum atomic E-state index is -0.396. The molecule has 1 unspecified atom stereocenters. The Bertz CT molecular complexity index is 968. The quantitative estimate of drug-likeness (QED) is 0.384. The van der Waals surface area contributed by atoms with Crippen molar-refractivity contribution in [2.24, 2.45) is 0 Å². The highest BCUT2D eigenvalue weighted by atomic mass is 35.5. The molecule has 1 aromatic heterocycles. The van der Waals surface area contributed by atoms with Crippen LogP contribution in [0.3, 0.4) is 0 Å². The van der Waals surface area contributed by atoms with Crippen LogP contribution in [-0.2, 0) is 4.79 Å². The van der Waals surface area contributed by atoms with Crippen LogP contribution in [0.25, 0.3) is 5.69 Å². The number of carbonyl (C=O) groups is 1. The number of hydrogen-bond donors (Lipinski definition) is 1. The molecule has 0 bridgehead atoms. The Morgan fingerprint density at radius 3 is 2.50 bits per heavy atom. The van der Waals surface area contributed by atoms with Gasteiger partial charge in [0.25, 0.3) is 0 Å². The third kappa shape index (κ3) is 4.47. The summed E-state index contributed by atoms with van der Waals surface area (Å²) in [5, 5.41) is 7.67. The fourth-order valence-corrected chi connectivity index (χ4v) is 5.08. The largest absolute Gasteiger partial charge is 0.323 e. The molecule has 9 heteroatoms. The summed E-state index contributed by atoms with van der Waals surface area (Å²) < 4.78 is 3.03. The predicted octanol–water partition coefficient (Wildman–Crippen LogP) is 6.09. The van der Waals surface area contributed by atoms with Crippen molar-refractivity contribution in [1.29, 1.82) is 0 Å². The van der Waals surface area contributed by atoms with Gasteiger partial charge in [-0.25, -0.2) is 4.68 Å². The molecule has 1 heterocycles. The van der Waals surface area contributed by atoms with Crippen LogP contribution >= 0.6 is 58.5 Å². The van der Waals surface area contributed by atoms with Gasteiger partial charge in [-0.1, -0.05) is 70.6 Å². The van der Waals surface area contributed by atoms with Gasteiger partial charge in [0.05, 0.1) is 26.7 Å². The Labute approximate surface area is 174 Å². The predicted molar refractivity (Wildman–Crippen MR) is 113 cm³/mol. The highest BCUT2D eigenvalue weighted by molar-refractivity contribution is 8.02. The number of anilines is 1. The highest BCUT2D eigenvalue weighted by Crippen LogP contribution is 2.32. The molecule has 0 spiro atoms. The molecule has 0 aliphatic rings. The second-order valence-corrected chi connectivity index (χ2v) is 9.25. The first-order valence-corrected chi connectivity index (χ1v) is 10.4. The maximum atomic E-state index is 12.5. The van der Waals surface area contributed by atoms with Crippen LogP contribution in [0.2, 0.25) is 10.0 Å². The molecule has 1 N–H and O–H groups in total. The van der Waals surface area contributed by atoms with Crippen molar-refractivity contribution in [3.63, 3.8) is 0 Å². The number of aromatic nitrogens is 2. The van der Waals surface area contributed by atoms with Crippen molar-refractivity contribution in [3.05, 3.63) is 62.5 Å². The number of benzene rings is 2. The number of rotatable bonds is 5. The zero-order valence-electron chi connectivity index (χ0n) is 13.5. The van der Waals surface area contributed by atoms with Crippen LogP contribution in [0.1, 0.15) is 6.92 Å². The molecule has 3 aromatic rings. The van der Waals surface area contributed by atoms with E-state index in [-0.39, 0.29) is 5.91 Å². The average molecular weight is 442 g/mol. The molecular weight excluding hydrogens is 429 g/mol. The molecule has 0 saturated carbocycles. The molecular formula is C17H13Cl2N3OS3. The lowest BCUT2D eigenvalue weighted by Gasteiger charge is -2.12. The number of amides is 1. The van der Waals surface area contributed by atoms with E-state index < -0.39 is 5.25 Å². The topological polar surface area (TPSA) is 46.9 Å². The van der Waals surface area contributed by atoms with E-state index in [4.69, 9.17) is 35.4 Å². The van der Waals surface area contributed by atoms with Crippen molar-refractivity contribution in [1.82, 2.24) is 9.78 Å². The summed E-state index contributed by atoms with van der Waals surface area (Å²) in [5.74, 6) is -0.211. The van der Waals surface area contributed by atoms with E-state index in [0.717, 1.165) is 5.69 Å². The van der Waals surface area contributed by atoms with E-state index in [1.165, 1.54) is 23.1 Å². The first-order chi connectivity index (χ1) is 12.5. The van der Waals surface area contributed by atoms with Crippen LogP contribution in [0, 0.1) is 3.95 Å². The number of halogens is 2. The SMILES string of the molecule is CC(Sc1nn(-c2ccccc2)c(=S)s1)C(=O)Nc1c(Cl)cccc1Cl. The monoisotopic (exact) mass is 441 g/mol. The maximum Gasteiger partial charge on any atom is 0.237 e. The van der Waals surface area contributed by atoms with Crippen molar-refractivity contribution in [2.75, 3.05) is 5.32 Å². The van der Waals surface area contributed by atoms with Crippen molar-refractivity contribution >= 4 is 70.1 Å². The van der Waals surface area contributed by atoms with Gasteiger partial charge in [-0.05, 0) is 43.4 Å². The third-order valence-corrected chi connectivity index (χ3v) is 6.43. The van der Waals surface area contributed by atoms with E-state index in [2.05, 4.69) is 10.4 Å². The molecule has 2 aromatic carbocycles. The average Bonchev–Trinajstić information content (AvgIpc) is 2.99. The summed E-state index contributed by atoms with van der Waals surface area (Å²) in [6.45, 7) is 1.79. The minimum absolute atomic E-state index is 0.211. The molecule has 0 aliphatic carbocycles. The van der Waals surface area contributed by atoms with Gasteiger partial charge in [-0.3, -0.25) is 4.79 Å². The Balaban J connectivity index is 1.73. The number of nitrogens with zero attached hydrogens (tertiary/aromatic N) is 2. The number of hydrogen-bond acceptors (Lipinski definition) is 5. The molecule has 0 fully saturated rings. The summed E-state index contributed by atoms with van der Waals surface area (Å²) in [5.41, 5.74) is 1.30. The van der Waals surface area contributed by atoms with E-state index in [9.17, 15) is 4.79 Å². The lowest BCUT2D eigenvalue weighted by Crippen LogP contribution is -2.22. The van der Waals surface area contributed by atoms with Gasteiger partial charge in [0.15, 0.2) is 8.29 Å². The normalized spacial score (nSPS) is 12.0. The second-order valence-electron chi connectivity index (χ2n) is 5.23.